The van der Waals surface area contributed by atoms with Crippen molar-refractivity contribution in [3.8, 4) is 0 Å². The van der Waals surface area contributed by atoms with Crippen molar-refractivity contribution in [1.29, 1.82) is 0 Å². The van der Waals surface area contributed by atoms with E-state index < -0.39 is 72.8 Å². The number of carboxylic acid groups (broad SMARTS) is 2. The summed E-state index contributed by atoms with van der Waals surface area (Å²) in [5.74, 6) is -5.22. The number of carbonyl (C=O) groups is 5. The van der Waals surface area contributed by atoms with Gasteiger partial charge in [-0.05, 0) is 24.3 Å². The Morgan fingerprint density at radius 1 is 0.933 bits per heavy atom. The first-order valence-corrected chi connectivity index (χ1v) is 10.5. The van der Waals surface area contributed by atoms with Gasteiger partial charge in [0.05, 0.1) is 13.0 Å². The molecule has 0 saturated heterocycles. The molecule has 0 saturated carbocycles. The number of hydrogen-bond donors (Lipinski definition) is 7. The van der Waals surface area contributed by atoms with Gasteiger partial charge in [0.15, 0.2) is 0 Å². The maximum atomic E-state index is 12.6. The van der Waals surface area contributed by atoms with Crippen LogP contribution in [0, 0.1) is 5.92 Å². The van der Waals surface area contributed by atoms with Gasteiger partial charge >= 0.3 is 11.9 Å². The average molecular weight is 451 g/mol. The number of nitrogens with two attached hydrogens (primary N) is 1. The van der Waals surface area contributed by atoms with Crippen LogP contribution >= 0.6 is 11.8 Å². The molecule has 0 fully saturated rings. The Morgan fingerprint density at radius 2 is 1.47 bits per heavy atom. The van der Waals surface area contributed by atoms with Gasteiger partial charge in [0.25, 0.3) is 0 Å². The molecule has 0 rings (SSSR count). The second kappa shape index (κ2) is 13.8. The Kier molecular flexibility index (Phi) is 12.7. The highest BCUT2D eigenvalue weighted by molar-refractivity contribution is 7.98. The second-order valence-electron chi connectivity index (χ2n) is 6.86. The van der Waals surface area contributed by atoms with Crippen molar-refractivity contribution in [1.82, 2.24) is 16.0 Å². The number of thioether (sulfide) groups is 1. The zero-order valence-electron chi connectivity index (χ0n) is 17.1. The lowest BCUT2D eigenvalue weighted by molar-refractivity contribution is -0.144. The van der Waals surface area contributed by atoms with Crippen LogP contribution in [0.2, 0.25) is 0 Å². The van der Waals surface area contributed by atoms with E-state index in [1.54, 1.807) is 20.1 Å². The smallest absolute Gasteiger partial charge is 0.326 e. The van der Waals surface area contributed by atoms with E-state index in [0.29, 0.717) is 5.75 Å². The van der Waals surface area contributed by atoms with Crippen LogP contribution in [0.1, 0.15) is 26.7 Å². The molecule has 0 aliphatic rings. The Hall–Kier alpha value is -2.38. The number of aliphatic carboxylic acids is 2. The summed E-state index contributed by atoms with van der Waals surface area (Å²) in [4.78, 5) is 59.4. The van der Waals surface area contributed by atoms with Crippen molar-refractivity contribution < 1.29 is 39.3 Å². The molecule has 13 heteroatoms. The molecule has 0 aliphatic carbocycles. The van der Waals surface area contributed by atoms with Gasteiger partial charge < -0.3 is 37.0 Å². The van der Waals surface area contributed by atoms with Crippen molar-refractivity contribution in [2.45, 2.75) is 50.9 Å². The van der Waals surface area contributed by atoms with E-state index in [9.17, 15) is 29.1 Å². The molecule has 4 unspecified atom stereocenters. The molecule has 0 aromatic rings. The Balaban J connectivity index is 5.43. The molecule has 12 nitrogen and oxygen atoms in total. The lowest BCUT2D eigenvalue weighted by Crippen LogP contribution is -2.58. The first kappa shape index (κ1) is 27.6. The molecule has 0 aliphatic heterocycles. The van der Waals surface area contributed by atoms with Gasteiger partial charge in [0, 0.05) is 0 Å². The van der Waals surface area contributed by atoms with E-state index in [4.69, 9.17) is 15.9 Å². The Morgan fingerprint density at radius 3 is 1.90 bits per heavy atom. The van der Waals surface area contributed by atoms with Crippen molar-refractivity contribution in [2.24, 2.45) is 11.7 Å². The third kappa shape index (κ3) is 9.89. The molecule has 0 aromatic heterocycles. The summed E-state index contributed by atoms with van der Waals surface area (Å²) >= 11 is 1.39. The Labute approximate surface area is 178 Å². The molecular weight excluding hydrogens is 420 g/mol. The highest BCUT2D eigenvalue weighted by Crippen LogP contribution is 2.06. The first-order chi connectivity index (χ1) is 13.9. The third-order valence-corrected chi connectivity index (χ3v) is 4.66. The Bertz CT molecular complexity index is 631. The number of aliphatic hydroxyl groups is 1. The number of carboxylic acids is 2. The van der Waals surface area contributed by atoms with Crippen molar-refractivity contribution >= 4 is 41.4 Å². The predicted octanol–water partition coefficient (Wildman–Crippen LogP) is -2.27. The molecule has 30 heavy (non-hydrogen) atoms. The van der Waals surface area contributed by atoms with Gasteiger partial charge in [0.1, 0.15) is 24.2 Å². The number of hydrogen-bond acceptors (Lipinski definition) is 8. The van der Waals surface area contributed by atoms with Gasteiger partial charge in [-0.1, -0.05) is 13.8 Å². The molecular formula is C17H30N4O8S. The summed E-state index contributed by atoms with van der Waals surface area (Å²) in [6, 6.07) is -5.22. The molecule has 0 bridgehead atoms. The van der Waals surface area contributed by atoms with Gasteiger partial charge in [-0.3, -0.25) is 19.2 Å². The summed E-state index contributed by atoms with van der Waals surface area (Å²) in [6.07, 6.45) is 1.14. The molecule has 8 N–H and O–H groups in total. The van der Waals surface area contributed by atoms with E-state index in [0.717, 1.165) is 0 Å². The van der Waals surface area contributed by atoms with Crippen molar-refractivity contribution in [2.75, 3.05) is 18.6 Å². The molecule has 0 radical (unpaired) electrons. The zero-order chi connectivity index (χ0) is 23.4. The van der Waals surface area contributed by atoms with Gasteiger partial charge in [0.2, 0.25) is 17.7 Å². The van der Waals surface area contributed by atoms with Crippen LogP contribution in [0.25, 0.3) is 0 Å². The summed E-state index contributed by atoms with van der Waals surface area (Å²) in [6.45, 7) is 2.51. The van der Waals surface area contributed by atoms with Crippen LogP contribution in [0.4, 0.5) is 0 Å². The highest BCUT2D eigenvalue weighted by Gasteiger charge is 2.31. The fraction of sp³-hybridized carbons (Fsp3) is 0.706. The van der Waals surface area contributed by atoms with E-state index in [1.807, 2.05) is 0 Å². The lowest BCUT2D eigenvalue weighted by atomic mass is 10.0. The zero-order valence-corrected chi connectivity index (χ0v) is 17.9. The summed E-state index contributed by atoms with van der Waals surface area (Å²) < 4.78 is 0. The highest BCUT2D eigenvalue weighted by atomic mass is 32.2. The monoisotopic (exact) mass is 450 g/mol. The van der Waals surface area contributed by atoms with E-state index >= 15 is 0 Å². The number of nitrogens with one attached hydrogen (secondary N) is 3. The van der Waals surface area contributed by atoms with Crippen molar-refractivity contribution in [3.63, 3.8) is 0 Å². The summed E-state index contributed by atoms with van der Waals surface area (Å²) in [5.41, 5.74) is 5.36. The molecule has 172 valence electrons. The van der Waals surface area contributed by atoms with Crippen LogP contribution < -0.4 is 21.7 Å². The van der Waals surface area contributed by atoms with Gasteiger partial charge in [-0.15, -0.1) is 0 Å². The number of rotatable bonds is 14. The minimum absolute atomic E-state index is 0.146. The largest absolute Gasteiger partial charge is 0.481 e. The number of amides is 3. The minimum Gasteiger partial charge on any atom is -0.481 e. The first-order valence-electron chi connectivity index (χ1n) is 9.15. The third-order valence-electron chi connectivity index (χ3n) is 4.02. The van der Waals surface area contributed by atoms with Crippen LogP contribution in [0.3, 0.4) is 0 Å². The lowest BCUT2D eigenvalue weighted by Gasteiger charge is -2.25. The summed E-state index contributed by atoms with van der Waals surface area (Å²) in [7, 11) is 0. The minimum atomic E-state index is -1.54. The quantitative estimate of drug-likeness (QED) is 0.151. The molecule has 0 spiro atoms. The maximum Gasteiger partial charge on any atom is 0.326 e. The number of aliphatic hydroxyl groups excluding tert-OH is 1. The fourth-order valence-electron chi connectivity index (χ4n) is 2.29. The SMILES string of the molecule is CSCCC(NC(=O)C(CC(=O)O)NC(=O)C(N)CO)C(=O)NC(C(=O)O)C(C)C. The molecule has 0 heterocycles. The van der Waals surface area contributed by atoms with Crippen molar-refractivity contribution in [3.05, 3.63) is 0 Å². The summed E-state index contributed by atoms with van der Waals surface area (Å²) in [5, 5.41) is 34.0. The van der Waals surface area contributed by atoms with Crippen LogP contribution in [0.5, 0.6) is 0 Å². The van der Waals surface area contributed by atoms with Crippen LogP contribution in [-0.2, 0) is 24.0 Å². The standard InChI is InChI=1S/C17H30N4O8S/c1-8(2)13(17(28)29)21-15(26)10(4-5-30-3)19-16(27)11(6-12(23)24)20-14(25)9(18)7-22/h8-11,13,22H,4-7,18H2,1-3H3,(H,19,27)(H,20,25)(H,21,26)(H,23,24)(H,28,29). The van der Waals surface area contributed by atoms with Crippen LogP contribution in [0.15, 0.2) is 0 Å². The normalized spacial score (nSPS) is 14.9. The maximum absolute atomic E-state index is 12.6. The van der Waals surface area contributed by atoms with E-state index in [2.05, 4.69) is 16.0 Å². The van der Waals surface area contributed by atoms with Gasteiger partial charge in [-0.2, -0.15) is 11.8 Å². The fourth-order valence-corrected chi connectivity index (χ4v) is 2.76. The second-order valence-corrected chi connectivity index (χ2v) is 7.84. The number of carbonyl (C=O) groups excluding carboxylic acids is 3. The molecule has 0 aromatic carbocycles. The van der Waals surface area contributed by atoms with Gasteiger partial charge in [-0.25, -0.2) is 4.79 Å². The van der Waals surface area contributed by atoms with Crippen LogP contribution in [-0.4, -0.2) is 87.8 Å². The average Bonchev–Trinajstić information content (AvgIpc) is 2.66. The van der Waals surface area contributed by atoms with E-state index in [-0.39, 0.29) is 6.42 Å². The molecule has 3 amide bonds. The topological polar surface area (TPSA) is 208 Å². The predicted molar refractivity (Wildman–Crippen MR) is 109 cm³/mol. The van der Waals surface area contributed by atoms with E-state index in [1.165, 1.54) is 11.8 Å². The molecule has 4 atom stereocenters.